The van der Waals surface area contributed by atoms with Gasteiger partial charge in [-0.2, -0.15) is 16.6 Å². The molecule has 2 saturated heterocycles. The fourth-order valence-electron chi connectivity index (χ4n) is 5.68. The molecule has 1 amide bonds. The van der Waals surface area contributed by atoms with Gasteiger partial charge in [0.2, 0.25) is 0 Å². The number of allylic oxidation sites excluding steroid dienone is 1. The van der Waals surface area contributed by atoms with Crippen LogP contribution in [0.2, 0.25) is 0 Å². The monoisotopic (exact) mass is 495 g/mol. The SMILES string of the molecule is N#Cc1ccc(C(=O)/C=C2\NC(Cc3ccncc3)(Cc3ccsc3)C(=O)N2C2C3CNCC32)cc1. The van der Waals surface area contributed by atoms with E-state index in [1.165, 1.54) is 0 Å². The number of ketones is 1. The van der Waals surface area contributed by atoms with E-state index >= 15 is 0 Å². The molecule has 1 aliphatic carbocycles. The van der Waals surface area contributed by atoms with Crippen molar-refractivity contribution in [3.63, 3.8) is 0 Å². The van der Waals surface area contributed by atoms with Crippen LogP contribution in [0.15, 0.2) is 77.5 Å². The summed E-state index contributed by atoms with van der Waals surface area (Å²) in [5.74, 6) is 1.20. The Hall–Kier alpha value is -3.80. The number of hydrogen-bond donors (Lipinski definition) is 2. The second kappa shape index (κ2) is 9.01. The van der Waals surface area contributed by atoms with Gasteiger partial charge in [0.15, 0.2) is 5.78 Å². The molecule has 0 bridgehead atoms. The van der Waals surface area contributed by atoms with Crippen LogP contribution in [0.3, 0.4) is 0 Å². The maximum atomic E-state index is 14.3. The lowest BCUT2D eigenvalue weighted by molar-refractivity contribution is -0.132. The van der Waals surface area contributed by atoms with E-state index in [-0.39, 0.29) is 17.7 Å². The summed E-state index contributed by atoms with van der Waals surface area (Å²) in [7, 11) is 0. The van der Waals surface area contributed by atoms with Gasteiger partial charge in [-0.25, -0.2) is 0 Å². The van der Waals surface area contributed by atoms with E-state index in [0.29, 0.717) is 41.6 Å². The zero-order chi connectivity index (χ0) is 24.7. The van der Waals surface area contributed by atoms with Gasteiger partial charge < -0.3 is 10.6 Å². The molecule has 2 aliphatic heterocycles. The summed E-state index contributed by atoms with van der Waals surface area (Å²) < 4.78 is 0. The van der Waals surface area contributed by atoms with Gasteiger partial charge in [-0.1, -0.05) is 0 Å². The predicted octanol–water partition coefficient (Wildman–Crippen LogP) is 2.91. The highest BCUT2D eigenvalue weighted by atomic mass is 32.1. The molecule has 180 valence electrons. The molecule has 3 aromatic rings. The van der Waals surface area contributed by atoms with Crippen LogP contribution in [0.4, 0.5) is 0 Å². The third kappa shape index (κ3) is 4.00. The van der Waals surface area contributed by atoms with Crippen molar-refractivity contribution in [2.24, 2.45) is 11.8 Å². The van der Waals surface area contributed by atoms with Gasteiger partial charge in [0.1, 0.15) is 11.4 Å². The Morgan fingerprint density at radius 3 is 2.50 bits per heavy atom. The number of piperidine rings is 1. The standard InChI is InChI=1S/C28H25N5O2S/c29-14-19-1-3-21(4-2-19)24(34)11-25-32-28(13-20-7-10-36-17-20,12-18-5-8-30-9-6-18)27(35)33(25)26-22-15-31-16-23(22)26/h1-11,17,22-23,26,31-32H,12-13,15-16H2/b25-11+. The Labute approximate surface area is 213 Å². The molecule has 3 atom stereocenters. The summed E-state index contributed by atoms with van der Waals surface area (Å²) in [4.78, 5) is 33.6. The van der Waals surface area contributed by atoms with Gasteiger partial charge in [0, 0.05) is 56.0 Å². The molecule has 0 radical (unpaired) electrons. The Bertz CT molecular complexity index is 1350. The molecular weight excluding hydrogens is 470 g/mol. The highest BCUT2D eigenvalue weighted by molar-refractivity contribution is 7.07. The lowest BCUT2D eigenvalue weighted by Gasteiger charge is -2.27. The summed E-state index contributed by atoms with van der Waals surface area (Å²) in [5.41, 5.74) is 2.19. The largest absolute Gasteiger partial charge is 0.357 e. The first-order valence-electron chi connectivity index (χ1n) is 12.1. The quantitative estimate of drug-likeness (QED) is 0.386. The number of nitrogens with one attached hydrogen (secondary N) is 2. The molecule has 1 aromatic carbocycles. The van der Waals surface area contributed by atoms with Crippen LogP contribution in [0.25, 0.3) is 0 Å². The lowest BCUT2D eigenvalue weighted by Crippen LogP contribution is -2.51. The topological polar surface area (TPSA) is 98.1 Å². The molecule has 2 N–H and O–H groups in total. The molecule has 2 aromatic heterocycles. The van der Waals surface area contributed by atoms with Crippen molar-refractivity contribution in [1.29, 1.82) is 5.26 Å². The first-order valence-corrected chi connectivity index (χ1v) is 13.0. The minimum atomic E-state index is -0.899. The minimum Gasteiger partial charge on any atom is -0.357 e. The molecular formula is C28H25N5O2S. The zero-order valence-corrected chi connectivity index (χ0v) is 20.4. The number of aromatic nitrogens is 1. The normalized spacial score (nSPS) is 27.5. The first kappa shape index (κ1) is 22.7. The van der Waals surface area contributed by atoms with Gasteiger partial charge in [-0.05, 0) is 76.2 Å². The average molecular weight is 496 g/mol. The number of carbonyl (C=O) groups excluding carboxylic acids is 2. The predicted molar refractivity (Wildman–Crippen MR) is 136 cm³/mol. The average Bonchev–Trinajstić information content (AvgIpc) is 3.31. The Morgan fingerprint density at radius 1 is 1.11 bits per heavy atom. The molecule has 0 spiro atoms. The number of nitrogens with zero attached hydrogens (tertiary/aromatic N) is 3. The van der Waals surface area contributed by atoms with Crippen molar-refractivity contribution >= 4 is 23.0 Å². The third-order valence-corrected chi connectivity index (χ3v) is 8.24. The number of benzene rings is 1. The number of rotatable bonds is 7. The fourth-order valence-corrected chi connectivity index (χ4v) is 6.35. The smallest absolute Gasteiger partial charge is 0.254 e. The van der Waals surface area contributed by atoms with Crippen molar-refractivity contribution in [2.45, 2.75) is 24.4 Å². The van der Waals surface area contributed by atoms with Gasteiger partial charge in [0.05, 0.1) is 11.6 Å². The molecule has 3 unspecified atom stereocenters. The van der Waals surface area contributed by atoms with Crippen LogP contribution in [0.1, 0.15) is 27.0 Å². The first-order chi connectivity index (χ1) is 17.6. The van der Waals surface area contributed by atoms with E-state index in [0.717, 1.165) is 24.2 Å². The van der Waals surface area contributed by atoms with Crippen LogP contribution >= 0.6 is 11.3 Å². The Morgan fingerprint density at radius 2 is 1.83 bits per heavy atom. The Balaban J connectivity index is 1.39. The Kier molecular flexibility index (Phi) is 5.67. The van der Waals surface area contributed by atoms with Crippen molar-refractivity contribution in [3.05, 3.63) is 99.8 Å². The van der Waals surface area contributed by atoms with Gasteiger partial charge in [0.25, 0.3) is 5.91 Å². The summed E-state index contributed by atoms with van der Waals surface area (Å²) in [5, 5.41) is 20.1. The second-order valence-corrected chi connectivity index (χ2v) is 10.6. The lowest BCUT2D eigenvalue weighted by atomic mass is 9.85. The summed E-state index contributed by atoms with van der Waals surface area (Å²) in [6, 6.07) is 14.7. The van der Waals surface area contributed by atoms with Crippen molar-refractivity contribution in [3.8, 4) is 6.07 Å². The van der Waals surface area contributed by atoms with E-state index in [1.54, 1.807) is 54.1 Å². The fraction of sp³-hybridized carbons (Fsp3) is 0.286. The summed E-state index contributed by atoms with van der Waals surface area (Å²) in [6.07, 6.45) is 6.06. The molecule has 36 heavy (non-hydrogen) atoms. The maximum absolute atomic E-state index is 14.3. The van der Waals surface area contributed by atoms with Crippen molar-refractivity contribution in [2.75, 3.05) is 13.1 Å². The zero-order valence-electron chi connectivity index (χ0n) is 19.6. The van der Waals surface area contributed by atoms with Gasteiger partial charge in [-0.15, -0.1) is 0 Å². The summed E-state index contributed by atoms with van der Waals surface area (Å²) >= 11 is 1.61. The number of fused-ring (bicyclic) bond motifs is 1. The number of carbonyl (C=O) groups is 2. The highest BCUT2D eigenvalue weighted by Crippen LogP contribution is 2.49. The number of pyridine rings is 1. The van der Waals surface area contributed by atoms with E-state index in [4.69, 9.17) is 5.26 Å². The van der Waals surface area contributed by atoms with E-state index in [2.05, 4.69) is 33.1 Å². The van der Waals surface area contributed by atoms with Crippen LogP contribution in [0.5, 0.6) is 0 Å². The van der Waals surface area contributed by atoms with E-state index < -0.39 is 5.54 Å². The van der Waals surface area contributed by atoms with Crippen LogP contribution in [-0.2, 0) is 17.6 Å². The second-order valence-electron chi connectivity index (χ2n) is 9.78. The minimum absolute atomic E-state index is 0.0174. The van der Waals surface area contributed by atoms with Gasteiger partial charge >= 0.3 is 0 Å². The number of nitriles is 1. The summed E-state index contributed by atoms with van der Waals surface area (Å²) in [6.45, 7) is 1.77. The maximum Gasteiger partial charge on any atom is 0.254 e. The number of thiophene rings is 1. The van der Waals surface area contributed by atoms with Crippen LogP contribution in [-0.4, -0.2) is 46.2 Å². The number of hydrogen-bond acceptors (Lipinski definition) is 7. The van der Waals surface area contributed by atoms with Crippen molar-refractivity contribution in [1.82, 2.24) is 20.5 Å². The highest BCUT2D eigenvalue weighted by Gasteiger charge is 2.62. The number of amides is 1. The molecule has 3 fully saturated rings. The van der Waals surface area contributed by atoms with E-state index in [1.807, 2.05) is 22.4 Å². The molecule has 7 nitrogen and oxygen atoms in total. The van der Waals surface area contributed by atoms with Crippen molar-refractivity contribution < 1.29 is 9.59 Å². The van der Waals surface area contributed by atoms with Crippen LogP contribution in [0, 0.1) is 23.2 Å². The molecule has 4 heterocycles. The third-order valence-electron chi connectivity index (χ3n) is 7.51. The van der Waals surface area contributed by atoms with E-state index in [9.17, 15) is 9.59 Å². The van der Waals surface area contributed by atoms with Crippen LogP contribution < -0.4 is 10.6 Å². The van der Waals surface area contributed by atoms with Gasteiger partial charge in [-0.3, -0.25) is 19.5 Å². The molecule has 1 saturated carbocycles. The molecule has 8 heteroatoms. The molecule has 6 rings (SSSR count). The molecule has 3 aliphatic rings.